The van der Waals surface area contributed by atoms with Crippen LogP contribution in [0, 0.1) is 5.41 Å². The molecule has 20 heavy (non-hydrogen) atoms. The van der Waals surface area contributed by atoms with Gasteiger partial charge < -0.3 is 15.2 Å². The van der Waals surface area contributed by atoms with Crippen LogP contribution in [0.2, 0.25) is 0 Å². The van der Waals surface area contributed by atoms with Crippen molar-refractivity contribution in [3.8, 4) is 5.75 Å². The Hall–Kier alpha value is -1.07. The van der Waals surface area contributed by atoms with Crippen LogP contribution >= 0.6 is 15.9 Å². The van der Waals surface area contributed by atoms with Gasteiger partial charge >= 0.3 is 5.97 Å². The van der Waals surface area contributed by atoms with E-state index >= 15 is 0 Å². The predicted octanol–water partition coefficient (Wildman–Crippen LogP) is 3.44. The van der Waals surface area contributed by atoms with Crippen molar-refractivity contribution in [1.82, 2.24) is 5.32 Å². The summed E-state index contributed by atoms with van der Waals surface area (Å²) in [6.45, 7) is 4.95. The quantitative estimate of drug-likeness (QED) is 0.759. The Kier molecular flexibility index (Phi) is 6.49. The molecule has 0 saturated carbocycles. The van der Waals surface area contributed by atoms with Crippen LogP contribution in [-0.4, -0.2) is 24.7 Å². The Labute approximate surface area is 128 Å². The number of carboxylic acids is 1. The molecule has 112 valence electrons. The molecule has 0 spiro atoms. The van der Waals surface area contributed by atoms with E-state index in [1.807, 2.05) is 32.0 Å². The first-order chi connectivity index (χ1) is 9.49. The summed E-state index contributed by atoms with van der Waals surface area (Å²) in [6, 6.07) is 5.84. The fourth-order valence-corrected chi connectivity index (χ4v) is 2.73. The third-order valence-electron chi connectivity index (χ3n) is 3.82. The maximum absolute atomic E-state index is 11.4. The van der Waals surface area contributed by atoms with Gasteiger partial charge in [-0.05, 0) is 46.5 Å². The van der Waals surface area contributed by atoms with Crippen molar-refractivity contribution in [2.75, 3.05) is 13.7 Å². The molecule has 2 N–H and O–H groups in total. The van der Waals surface area contributed by atoms with E-state index < -0.39 is 11.4 Å². The third-order valence-corrected chi connectivity index (χ3v) is 4.44. The van der Waals surface area contributed by atoms with Crippen molar-refractivity contribution in [3.63, 3.8) is 0 Å². The van der Waals surface area contributed by atoms with Crippen molar-refractivity contribution in [2.24, 2.45) is 5.41 Å². The van der Waals surface area contributed by atoms with Crippen molar-refractivity contribution in [3.05, 3.63) is 28.2 Å². The van der Waals surface area contributed by atoms with Gasteiger partial charge in [0, 0.05) is 13.1 Å². The number of aliphatic carboxylic acids is 1. The molecule has 0 saturated heterocycles. The lowest BCUT2D eigenvalue weighted by atomic mass is 9.82. The Morgan fingerprint density at radius 1 is 1.40 bits per heavy atom. The average Bonchev–Trinajstić information content (AvgIpc) is 2.44. The lowest BCUT2D eigenvalue weighted by Crippen LogP contribution is -2.40. The summed E-state index contributed by atoms with van der Waals surface area (Å²) in [5.74, 6) is 0.0571. The fraction of sp³-hybridized carbons (Fsp3) is 0.533. The van der Waals surface area contributed by atoms with Crippen LogP contribution in [0.3, 0.4) is 0 Å². The maximum atomic E-state index is 11.4. The number of ether oxygens (including phenoxy) is 1. The van der Waals surface area contributed by atoms with Crippen LogP contribution in [0.15, 0.2) is 22.7 Å². The SMILES string of the molecule is CCC(CC)(CNCc1ccc(OC)c(Br)c1)C(=O)O. The highest BCUT2D eigenvalue weighted by Crippen LogP contribution is 2.27. The Bertz CT molecular complexity index is 458. The first-order valence-electron chi connectivity index (χ1n) is 6.75. The molecule has 0 heterocycles. The summed E-state index contributed by atoms with van der Waals surface area (Å²) in [7, 11) is 1.63. The molecule has 1 rings (SSSR count). The summed E-state index contributed by atoms with van der Waals surface area (Å²) < 4.78 is 6.08. The van der Waals surface area contributed by atoms with Crippen molar-refractivity contribution >= 4 is 21.9 Å². The van der Waals surface area contributed by atoms with Gasteiger partial charge in [-0.15, -0.1) is 0 Å². The van der Waals surface area contributed by atoms with E-state index in [1.54, 1.807) is 7.11 Å². The minimum atomic E-state index is -0.731. The molecule has 0 aromatic heterocycles. The largest absolute Gasteiger partial charge is 0.496 e. The van der Waals surface area contributed by atoms with E-state index in [-0.39, 0.29) is 0 Å². The zero-order chi connectivity index (χ0) is 15.2. The second kappa shape index (κ2) is 7.64. The summed E-state index contributed by atoms with van der Waals surface area (Å²) in [5.41, 5.74) is 0.410. The minimum absolute atomic E-state index is 0.471. The number of rotatable bonds is 8. The van der Waals surface area contributed by atoms with Gasteiger partial charge in [0.2, 0.25) is 0 Å². The molecule has 0 aliphatic carbocycles. The molecule has 0 bridgehead atoms. The van der Waals surface area contributed by atoms with Crippen LogP contribution < -0.4 is 10.1 Å². The van der Waals surface area contributed by atoms with E-state index in [1.165, 1.54) is 0 Å². The number of benzene rings is 1. The van der Waals surface area contributed by atoms with Crippen molar-refractivity contribution < 1.29 is 14.6 Å². The average molecular weight is 344 g/mol. The van der Waals surface area contributed by atoms with E-state index in [4.69, 9.17) is 4.74 Å². The Morgan fingerprint density at radius 2 is 2.05 bits per heavy atom. The van der Waals surface area contributed by atoms with E-state index in [0.717, 1.165) is 15.8 Å². The third kappa shape index (κ3) is 3.96. The number of methoxy groups -OCH3 is 1. The molecule has 0 amide bonds. The van der Waals surface area contributed by atoms with E-state index in [0.29, 0.717) is 25.9 Å². The molecular weight excluding hydrogens is 322 g/mol. The van der Waals surface area contributed by atoms with Crippen LogP contribution in [0.5, 0.6) is 5.75 Å². The van der Waals surface area contributed by atoms with Gasteiger partial charge in [0.25, 0.3) is 0 Å². The fourth-order valence-electron chi connectivity index (χ4n) is 2.14. The van der Waals surface area contributed by atoms with Gasteiger partial charge in [0.1, 0.15) is 5.75 Å². The number of nitrogens with one attached hydrogen (secondary N) is 1. The normalized spacial score (nSPS) is 11.4. The smallest absolute Gasteiger partial charge is 0.310 e. The van der Waals surface area contributed by atoms with Crippen LogP contribution in [0.4, 0.5) is 0 Å². The maximum Gasteiger partial charge on any atom is 0.310 e. The molecule has 1 aromatic carbocycles. The van der Waals surface area contributed by atoms with Gasteiger partial charge in [0.15, 0.2) is 0 Å². The lowest BCUT2D eigenvalue weighted by molar-refractivity contribution is -0.149. The topological polar surface area (TPSA) is 58.6 Å². The van der Waals surface area contributed by atoms with Gasteiger partial charge in [-0.25, -0.2) is 0 Å². The second-order valence-electron chi connectivity index (χ2n) is 4.87. The highest BCUT2D eigenvalue weighted by Gasteiger charge is 2.34. The first-order valence-corrected chi connectivity index (χ1v) is 7.55. The summed E-state index contributed by atoms with van der Waals surface area (Å²) >= 11 is 3.44. The van der Waals surface area contributed by atoms with E-state index in [2.05, 4.69) is 21.2 Å². The standard InChI is InChI=1S/C15H22BrNO3/c1-4-15(5-2,14(18)19)10-17-9-11-6-7-13(20-3)12(16)8-11/h6-8,17H,4-5,9-10H2,1-3H3,(H,18,19). The zero-order valence-corrected chi connectivity index (χ0v) is 13.8. The molecule has 0 radical (unpaired) electrons. The molecule has 0 fully saturated rings. The van der Waals surface area contributed by atoms with Crippen molar-refractivity contribution in [1.29, 1.82) is 0 Å². The molecule has 0 aliphatic heterocycles. The number of hydrogen-bond acceptors (Lipinski definition) is 3. The van der Waals surface area contributed by atoms with Crippen LogP contribution in [0.25, 0.3) is 0 Å². The zero-order valence-electron chi connectivity index (χ0n) is 12.2. The molecule has 4 nitrogen and oxygen atoms in total. The monoisotopic (exact) mass is 343 g/mol. The molecule has 0 atom stereocenters. The van der Waals surface area contributed by atoms with Crippen molar-refractivity contribution in [2.45, 2.75) is 33.2 Å². The van der Waals surface area contributed by atoms with Gasteiger partial charge in [0.05, 0.1) is 17.0 Å². The Balaban J connectivity index is 2.63. The molecule has 0 unspecified atom stereocenters. The lowest BCUT2D eigenvalue weighted by Gasteiger charge is -2.27. The Morgan fingerprint density at radius 3 is 2.50 bits per heavy atom. The number of carbonyl (C=O) groups is 1. The molecule has 0 aliphatic rings. The predicted molar refractivity (Wildman–Crippen MR) is 83.1 cm³/mol. The van der Waals surface area contributed by atoms with E-state index in [9.17, 15) is 9.90 Å². The van der Waals surface area contributed by atoms with Gasteiger partial charge in [-0.3, -0.25) is 4.79 Å². The molecular formula is C15H22BrNO3. The van der Waals surface area contributed by atoms with Gasteiger partial charge in [-0.2, -0.15) is 0 Å². The highest BCUT2D eigenvalue weighted by atomic mass is 79.9. The van der Waals surface area contributed by atoms with Crippen LogP contribution in [0.1, 0.15) is 32.3 Å². The van der Waals surface area contributed by atoms with Crippen LogP contribution in [-0.2, 0) is 11.3 Å². The first kappa shape index (κ1) is 17.0. The summed E-state index contributed by atoms with van der Waals surface area (Å²) in [4.78, 5) is 11.4. The highest BCUT2D eigenvalue weighted by molar-refractivity contribution is 9.10. The number of halogens is 1. The molecule has 1 aromatic rings. The van der Waals surface area contributed by atoms with Gasteiger partial charge in [-0.1, -0.05) is 19.9 Å². The summed E-state index contributed by atoms with van der Waals surface area (Å²) in [6.07, 6.45) is 1.25. The minimum Gasteiger partial charge on any atom is -0.496 e. The molecule has 5 heteroatoms. The second-order valence-corrected chi connectivity index (χ2v) is 5.72. The number of hydrogen-bond donors (Lipinski definition) is 2. The summed E-state index contributed by atoms with van der Waals surface area (Å²) in [5, 5.41) is 12.6. The number of carboxylic acid groups (broad SMARTS) is 1.